The molecular weight excluding hydrogens is 320 g/mol. The quantitative estimate of drug-likeness (QED) is 0.697. The van der Waals surface area contributed by atoms with Crippen LogP contribution in [-0.2, 0) is 20.9 Å². The van der Waals surface area contributed by atoms with Crippen molar-refractivity contribution in [3.05, 3.63) is 44.9 Å². The molecule has 0 bridgehead atoms. The first-order chi connectivity index (χ1) is 11.4. The molecule has 0 aliphatic heterocycles. The molecule has 10 heteroatoms. The molecule has 2 N–H and O–H groups in total. The summed E-state index contributed by atoms with van der Waals surface area (Å²) >= 11 is 0. The van der Waals surface area contributed by atoms with Gasteiger partial charge in [0.05, 0.1) is 0 Å². The van der Waals surface area contributed by atoms with Crippen LogP contribution in [0.1, 0.15) is 19.1 Å². The molecule has 2 heterocycles. The first-order valence-electron chi connectivity index (χ1n) is 7.12. The highest BCUT2D eigenvalue weighted by molar-refractivity contribution is 5.94. The summed E-state index contributed by atoms with van der Waals surface area (Å²) in [6, 6.07) is 2.62. The Hall–Kier alpha value is -3.17. The van der Waals surface area contributed by atoms with Gasteiger partial charge in [-0.25, -0.2) is 4.79 Å². The Morgan fingerprint density at radius 2 is 2.21 bits per heavy atom. The van der Waals surface area contributed by atoms with Gasteiger partial charge in [0.1, 0.15) is 12.3 Å². The van der Waals surface area contributed by atoms with Gasteiger partial charge in [-0.05, 0) is 13.3 Å². The lowest BCUT2D eigenvalue weighted by atomic mass is 10.2. The number of amides is 1. The zero-order valence-corrected chi connectivity index (χ0v) is 13.1. The van der Waals surface area contributed by atoms with Crippen LogP contribution in [-0.4, -0.2) is 32.7 Å². The van der Waals surface area contributed by atoms with E-state index in [1.54, 1.807) is 13.8 Å². The molecule has 0 aliphatic rings. The van der Waals surface area contributed by atoms with Crippen LogP contribution < -0.4 is 16.6 Å². The van der Waals surface area contributed by atoms with Crippen LogP contribution in [0.5, 0.6) is 0 Å². The number of rotatable bonds is 6. The lowest BCUT2D eigenvalue weighted by Gasteiger charge is -2.15. The van der Waals surface area contributed by atoms with Crippen LogP contribution in [0, 0.1) is 6.92 Å². The summed E-state index contributed by atoms with van der Waals surface area (Å²) in [7, 11) is 0. The molecule has 1 unspecified atom stereocenters. The number of carbonyl (C=O) groups excluding carboxylic acids is 2. The third-order valence-corrected chi connectivity index (χ3v) is 3.01. The van der Waals surface area contributed by atoms with E-state index in [1.165, 1.54) is 12.3 Å². The van der Waals surface area contributed by atoms with Crippen molar-refractivity contribution in [2.45, 2.75) is 32.9 Å². The summed E-state index contributed by atoms with van der Waals surface area (Å²) in [6.45, 7) is 2.90. The Kier molecular flexibility index (Phi) is 5.30. The van der Waals surface area contributed by atoms with Crippen LogP contribution in [0.15, 0.2) is 32.4 Å². The van der Waals surface area contributed by atoms with Gasteiger partial charge >= 0.3 is 11.7 Å². The number of aromatic nitrogens is 3. The summed E-state index contributed by atoms with van der Waals surface area (Å²) in [5.41, 5.74) is -1.31. The van der Waals surface area contributed by atoms with Gasteiger partial charge in [0.2, 0.25) is 0 Å². The summed E-state index contributed by atoms with van der Waals surface area (Å²) < 4.78 is 10.9. The first-order valence-corrected chi connectivity index (χ1v) is 7.12. The molecule has 1 amide bonds. The molecule has 10 nitrogen and oxygen atoms in total. The zero-order valence-electron chi connectivity index (χ0n) is 13.1. The van der Waals surface area contributed by atoms with Crippen molar-refractivity contribution < 1.29 is 18.8 Å². The molecule has 0 radical (unpaired) electrons. The maximum Gasteiger partial charge on any atom is 0.328 e. The van der Waals surface area contributed by atoms with Crippen LogP contribution in [0.3, 0.4) is 0 Å². The average Bonchev–Trinajstić information content (AvgIpc) is 2.92. The Morgan fingerprint density at radius 3 is 2.79 bits per heavy atom. The summed E-state index contributed by atoms with van der Waals surface area (Å²) in [5, 5.41) is 6.08. The molecule has 0 spiro atoms. The summed E-state index contributed by atoms with van der Waals surface area (Å²) in [4.78, 5) is 48.4. The van der Waals surface area contributed by atoms with Gasteiger partial charge in [0.25, 0.3) is 11.5 Å². The van der Waals surface area contributed by atoms with Crippen molar-refractivity contribution in [3.8, 4) is 0 Å². The summed E-state index contributed by atoms with van der Waals surface area (Å²) in [5.74, 6) is -0.618. The van der Waals surface area contributed by atoms with Gasteiger partial charge in [-0.1, -0.05) is 12.1 Å². The molecular formula is C14H16N4O6. The molecule has 0 aliphatic carbocycles. The van der Waals surface area contributed by atoms with Crippen LogP contribution in [0.4, 0.5) is 5.82 Å². The Morgan fingerprint density at radius 1 is 1.46 bits per heavy atom. The number of nitrogens with zero attached hydrogens (tertiary/aromatic N) is 2. The molecule has 128 valence electrons. The Bertz CT molecular complexity index is 849. The van der Waals surface area contributed by atoms with Gasteiger partial charge in [-0.2, -0.15) is 0 Å². The Labute approximate surface area is 135 Å². The van der Waals surface area contributed by atoms with Crippen LogP contribution in [0.25, 0.3) is 0 Å². The van der Waals surface area contributed by atoms with Crippen molar-refractivity contribution in [1.29, 1.82) is 0 Å². The number of hydrogen-bond donors (Lipinski definition) is 2. The third-order valence-electron chi connectivity index (χ3n) is 3.01. The minimum atomic E-state index is -1.05. The SMILES string of the molecule is CCC(OC(=O)Cn1ccc(=O)[nH]c1=O)C(=O)Nc1cc(C)on1. The van der Waals surface area contributed by atoms with E-state index in [-0.39, 0.29) is 12.2 Å². The number of nitrogens with one attached hydrogen (secondary N) is 2. The highest BCUT2D eigenvalue weighted by Gasteiger charge is 2.22. The number of H-pyrrole nitrogens is 1. The second kappa shape index (κ2) is 7.40. The predicted octanol–water partition coefficient (Wildman–Crippen LogP) is -0.206. The number of ether oxygens (including phenoxy) is 1. The third kappa shape index (κ3) is 4.41. The molecule has 0 fully saturated rings. The lowest BCUT2D eigenvalue weighted by molar-refractivity contribution is -0.155. The topological polar surface area (TPSA) is 136 Å². The number of hydrogen-bond acceptors (Lipinski definition) is 7. The summed E-state index contributed by atoms with van der Waals surface area (Å²) in [6.07, 6.45) is 0.351. The van der Waals surface area contributed by atoms with E-state index in [4.69, 9.17) is 9.26 Å². The van der Waals surface area contributed by atoms with Crippen molar-refractivity contribution in [2.24, 2.45) is 0 Å². The van der Waals surface area contributed by atoms with E-state index in [2.05, 4.69) is 10.5 Å². The number of carbonyl (C=O) groups is 2. The molecule has 1 atom stereocenters. The van der Waals surface area contributed by atoms with Gasteiger partial charge in [0, 0.05) is 18.3 Å². The standard InChI is InChI=1S/C14H16N4O6/c1-3-9(13(21)15-10-6-8(2)24-17-10)23-12(20)7-18-5-4-11(19)16-14(18)22/h4-6,9H,3,7H2,1-2H3,(H,15,17,21)(H,16,19,22). The monoisotopic (exact) mass is 336 g/mol. The number of aryl methyl sites for hydroxylation is 1. The molecule has 0 saturated heterocycles. The molecule has 2 aromatic heterocycles. The number of esters is 1. The van der Waals surface area contributed by atoms with Crippen molar-refractivity contribution in [2.75, 3.05) is 5.32 Å². The maximum atomic E-state index is 12.1. The van der Waals surface area contributed by atoms with E-state index in [1.807, 2.05) is 4.98 Å². The minimum Gasteiger partial charge on any atom is -0.451 e. The van der Waals surface area contributed by atoms with E-state index >= 15 is 0 Å². The van der Waals surface area contributed by atoms with Gasteiger partial charge in [0.15, 0.2) is 11.9 Å². The van der Waals surface area contributed by atoms with Crippen LogP contribution >= 0.6 is 0 Å². The zero-order chi connectivity index (χ0) is 17.7. The first kappa shape index (κ1) is 17.2. The fraction of sp³-hybridized carbons (Fsp3) is 0.357. The van der Waals surface area contributed by atoms with Crippen molar-refractivity contribution >= 4 is 17.7 Å². The minimum absolute atomic E-state index is 0.212. The fourth-order valence-corrected chi connectivity index (χ4v) is 1.86. The highest BCUT2D eigenvalue weighted by Crippen LogP contribution is 2.09. The second-order valence-electron chi connectivity index (χ2n) is 4.94. The molecule has 0 aromatic carbocycles. The molecule has 24 heavy (non-hydrogen) atoms. The van der Waals surface area contributed by atoms with E-state index < -0.39 is 35.8 Å². The largest absolute Gasteiger partial charge is 0.451 e. The highest BCUT2D eigenvalue weighted by atomic mass is 16.5. The molecule has 2 aromatic rings. The normalized spacial score (nSPS) is 11.8. The van der Waals surface area contributed by atoms with Gasteiger partial charge < -0.3 is 14.6 Å². The Balaban J connectivity index is 1.98. The van der Waals surface area contributed by atoms with E-state index in [0.29, 0.717) is 5.76 Å². The van der Waals surface area contributed by atoms with Gasteiger partial charge in [-0.15, -0.1) is 0 Å². The molecule has 2 rings (SSSR count). The van der Waals surface area contributed by atoms with Crippen LogP contribution in [0.2, 0.25) is 0 Å². The number of aromatic amines is 1. The van der Waals surface area contributed by atoms with Crippen molar-refractivity contribution in [1.82, 2.24) is 14.7 Å². The van der Waals surface area contributed by atoms with Crippen molar-refractivity contribution in [3.63, 3.8) is 0 Å². The maximum absolute atomic E-state index is 12.1. The molecule has 0 saturated carbocycles. The number of anilines is 1. The van der Waals surface area contributed by atoms with E-state index in [0.717, 1.165) is 10.6 Å². The second-order valence-corrected chi connectivity index (χ2v) is 4.94. The van der Waals surface area contributed by atoms with E-state index in [9.17, 15) is 19.2 Å². The average molecular weight is 336 g/mol. The predicted molar refractivity (Wildman–Crippen MR) is 81.4 cm³/mol. The van der Waals surface area contributed by atoms with Gasteiger partial charge in [-0.3, -0.25) is 23.9 Å². The smallest absolute Gasteiger partial charge is 0.328 e. The fourth-order valence-electron chi connectivity index (χ4n) is 1.86. The lowest BCUT2D eigenvalue weighted by Crippen LogP contribution is -2.36.